The Balaban J connectivity index is 1.15. The van der Waals surface area contributed by atoms with Gasteiger partial charge < -0.3 is 14.8 Å². The molecule has 8 heteroatoms. The minimum absolute atomic E-state index is 0.0190. The van der Waals surface area contributed by atoms with Gasteiger partial charge in [-0.3, -0.25) is 9.59 Å². The zero-order chi connectivity index (χ0) is 22.8. The third-order valence-corrected chi connectivity index (χ3v) is 7.68. The van der Waals surface area contributed by atoms with Gasteiger partial charge in [0, 0.05) is 42.4 Å². The van der Waals surface area contributed by atoms with Crippen LogP contribution < -0.4 is 0 Å². The number of imidazole rings is 1. The molecule has 5 rings (SSSR count). The number of aryl methyl sites for hydroxylation is 1. The zero-order valence-electron chi connectivity index (χ0n) is 18.3. The van der Waals surface area contributed by atoms with Crippen molar-refractivity contribution in [3.8, 4) is 0 Å². The first-order valence-electron chi connectivity index (χ1n) is 10.9. The summed E-state index contributed by atoms with van der Waals surface area (Å²) in [4.78, 5) is 39.1. The maximum Gasteiger partial charge on any atom is 0.264 e. The molecule has 0 saturated carbocycles. The first kappa shape index (κ1) is 21.7. The van der Waals surface area contributed by atoms with Gasteiger partial charge >= 0.3 is 0 Å². The van der Waals surface area contributed by atoms with E-state index in [9.17, 15) is 9.59 Å². The van der Waals surface area contributed by atoms with E-state index in [1.165, 1.54) is 11.3 Å². The van der Waals surface area contributed by atoms with Gasteiger partial charge in [0.2, 0.25) is 0 Å². The molecule has 1 saturated heterocycles. The Hall–Kier alpha value is -3.10. The quantitative estimate of drug-likeness (QED) is 0.419. The molecule has 2 amide bonds. The van der Waals surface area contributed by atoms with E-state index in [4.69, 9.17) is 0 Å². The standard InChI is InChI=1S/C25H24N4O2S2/c1-17-6-11-22(33-17)24(31)29-14-12-28(13-15-29)23(30)19-9-7-18(8-10-19)16-32-25-26-20-4-2-3-5-21(20)27-25/h2-11H,12-16H2,1H3,(H,26,27). The van der Waals surface area contributed by atoms with Crippen LogP contribution in [0.3, 0.4) is 0 Å². The molecule has 2 aromatic heterocycles. The number of para-hydroxylation sites is 2. The topological polar surface area (TPSA) is 69.3 Å². The lowest BCUT2D eigenvalue weighted by Crippen LogP contribution is -2.50. The number of benzene rings is 2. The maximum atomic E-state index is 12.9. The first-order chi connectivity index (χ1) is 16.1. The Morgan fingerprint density at radius 1 is 0.939 bits per heavy atom. The molecule has 4 aromatic rings. The predicted molar refractivity (Wildman–Crippen MR) is 133 cm³/mol. The minimum Gasteiger partial charge on any atom is -0.335 e. The molecule has 1 fully saturated rings. The second-order valence-electron chi connectivity index (χ2n) is 8.04. The number of aromatic amines is 1. The summed E-state index contributed by atoms with van der Waals surface area (Å²) in [5.41, 5.74) is 3.82. The van der Waals surface area contributed by atoms with Gasteiger partial charge in [-0.05, 0) is 48.9 Å². The number of piperazine rings is 1. The fraction of sp³-hybridized carbons (Fsp3) is 0.240. The molecule has 0 bridgehead atoms. The second-order valence-corrected chi connectivity index (χ2v) is 10.3. The van der Waals surface area contributed by atoms with E-state index < -0.39 is 0 Å². The lowest BCUT2D eigenvalue weighted by atomic mass is 10.1. The van der Waals surface area contributed by atoms with Crippen LogP contribution in [0.2, 0.25) is 0 Å². The molecule has 2 aromatic carbocycles. The summed E-state index contributed by atoms with van der Waals surface area (Å²) < 4.78 is 0. The average Bonchev–Trinajstić information content (AvgIpc) is 3.48. The van der Waals surface area contributed by atoms with Crippen molar-refractivity contribution in [1.82, 2.24) is 19.8 Å². The van der Waals surface area contributed by atoms with Crippen molar-refractivity contribution in [2.75, 3.05) is 26.2 Å². The molecule has 0 radical (unpaired) electrons. The molecule has 3 heterocycles. The summed E-state index contributed by atoms with van der Waals surface area (Å²) in [6.45, 7) is 4.24. The lowest BCUT2D eigenvalue weighted by Gasteiger charge is -2.34. The molecule has 168 valence electrons. The molecule has 0 aliphatic carbocycles. The number of rotatable bonds is 5. The summed E-state index contributed by atoms with van der Waals surface area (Å²) in [7, 11) is 0. The van der Waals surface area contributed by atoms with Gasteiger partial charge in [0.1, 0.15) is 0 Å². The van der Waals surface area contributed by atoms with Crippen LogP contribution >= 0.6 is 23.1 Å². The number of thiophene rings is 1. The van der Waals surface area contributed by atoms with Crippen LogP contribution in [0.25, 0.3) is 11.0 Å². The monoisotopic (exact) mass is 476 g/mol. The molecule has 33 heavy (non-hydrogen) atoms. The van der Waals surface area contributed by atoms with Gasteiger partial charge in [-0.1, -0.05) is 36.0 Å². The van der Waals surface area contributed by atoms with Crippen molar-refractivity contribution < 1.29 is 9.59 Å². The van der Waals surface area contributed by atoms with Crippen LogP contribution in [-0.2, 0) is 5.75 Å². The van der Waals surface area contributed by atoms with Crippen LogP contribution in [0.4, 0.5) is 0 Å². The van der Waals surface area contributed by atoms with Crippen LogP contribution in [0.15, 0.2) is 65.8 Å². The van der Waals surface area contributed by atoms with Gasteiger partial charge in [0.25, 0.3) is 11.8 Å². The van der Waals surface area contributed by atoms with E-state index in [2.05, 4.69) is 9.97 Å². The highest BCUT2D eigenvalue weighted by molar-refractivity contribution is 7.98. The maximum absolute atomic E-state index is 12.9. The molecule has 1 N–H and O–H groups in total. The number of carbonyl (C=O) groups is 2. The summed E-state index contributed by atoms with van der Waals surface area (Å²) in [6.07, 6.45) is 0. The predicted octanol–water partition coefficient (Wildman–Crippen LogP) is 4.82. The number of hydrogen-bond acceptors (Lipinski definition) is 5. The Bertz CT molecular complexity index is 1250. The molecular formula is C25H24N4O2S2. The molecular weight excluding hydrogens is 452 g/mol. The van der Waals surface area contributed by atoms with Crippen LogP contribution in [0, 0.1) is 6.92 Å². The second kappa shape index (κ2) is 9.41. The Morgan fingerprint density at radius 2 is 1.64 bits per heavy atom. The highest BCUT2D eigenvalue weighted by Crippen LogP contribution is 2.24. The van der Waals surface area contributed by atoms with Gasteiger partial charge in [0.05, 0.1) is 15.9 Å². The molecule has 6 nitrogen and oxygen atoms in total. The zero-order valence-corrected chi connectivity index (χ0v) is 19.9. The number of amides is 2. The number of H-pyrrole nitrogens is 1. The number of hydrogen-bond donors (Lipinski definition) is 1. The van der Waals surface area contributed by atoms with E-state index in [0.29, 0.717) is 31.7 Å². The average molecular weight is 477 g/mol. The highest BCUT2D eigenvalue weighted by Gasteiger charge is 2.26. The van der Waals surface area contributed by atoms with Crippen LogP contribution in [0.5, 0.6) is 0 Å². The van der Waals surface area contributed by atoms with E-state index >= 15 is 0 Å². The van der Waals surface area contributed by atoms with E-state index in [1.807, 2.05) is 77.4 Å². The van der Waals surface area contributed by atoms with Crippen molar-refractivity contribution in [2.45, 2.75) is 17.8 Å². The Labute approximate surface area is 200 Å². The largest absolute Gasteiger partial charge is 0.335 e. The number of nitrogens with one attached hydrogen (secondary N) is 1. The van der Waals surface area contributed by atoms with E-state index in [0.717, 1.165) is 37.3 Å². The van der Waals surface area contributed by atoms with Crippen molar-refractivity contribution >= 4 is 45.9 Å². The highest BCUT2D eigenvalue weighted by atomic mass is 32.2. The molecule has 1 aliphatic heterocycles. The fourth-order valence-electron chi connectivity index (χ4n) is 3.89. The smallest absolute Gasteiger partial charge is 0.264 e. The molecule has 1 aliphatic rings. The number of nitrogens with zero attached hydrogens (tertiary/aromatic N) is 3. The van der Waals surface area contributed by atoms with Crippen molar-refractivity contribution in [2.24, 2.45) is 0 Å². The number of fused-ring (bicyclic) bond motifs is 1. The SMILES string of the molecule is Cc1ccc(C(=O)N2CCN(C(=O)c3ccc(CSc4nc5ccccc5[nH]4)cc3)CC2)s1. The van der Waals surface area contributed by atoms with Crippen LogP contribution in [-0.4, -0.2) is 57.8 Å². The van der Waals surface area contributed by atoms with Crippen LogP contribution in [0.1, 0.15) is 30.5 Å². The minimum atomic E-state index is 0.0190. The molecule has 0 atom stereocenters. The van der Waals surface area contributed by atoms with Crippen molar-refractivity contribution in [1.29, 1.82) is 0 Å². The molecule has 0 spiro atoms. The third kappa shape index (κ3) is 4.82. The lowest BCUT2D eigenvalue weighted by molar-refractivity contribution is 0.0538. The van der Waals surface area contributed by atoms with Gasteiger partial charge in [-0.15, -0.1) is 11.3 Å². The Morgan fingerprint density at radius 3 is 2.30 bits per heavy atom. The Kier molecular flexibility index (Phi) is 6.20. The normalized spacial score (nSPS) is 14.1. The summed E-state index contributed by atoms with van der Waals surface area (Å²) in [6, 6.07) is 19.6. The van der Waals surface area contributed by atoms with Gasteiger partial charge in [0.15, 0.2) is 5.16 Å². The van der Waals surface area contributed by atoms with Crippen molar-refractivity contribution in [3.63, 3.8) is 0 Å². The summed E-state index contributed by atoms with van der Waals surface area (Å²) in [5, 5.41) is 0.890. The summed E-state index contributed by atoms with van der Waals surface area (Å²) >= 11 is 3.16. The summed E-state index contributed by atoms with van der Waals surface area (Å²) in [5.74, 6) is 0.856. The molecule has 0 unspecified atom stereocenters. The third-order valence-electron chi connectivity index (χ3n) is 5.75. The van der Waals surface area contributed by atoms with Crippen molar-refractivity contribution in [3.05, 3.63) is 81.5 Å². The number of aromatic nitrogens is 2. The van der Waals surface area contributed by atoms with E-state index in [-0.39, 0.29) is 11.8 Å². The van der Waals surface area contributed by atoms with Gasteiger partial charge in [-0.2, -0.15) is 0 Å². The fourth-order valence-corrected chi connectivity index (χ4v) is 5.57. The van der Waals surface area contributed by atoms with Gasteiger partial charge in [-0.25, -0.2) is 4.98 Å². The number of thioether (sulfide) groups is 1. The number of carbonyl (C=O) groups excluding carboxylic acids is 2. The van der Waals surface area contributed by atoms with E-state index in [1.54, 1.807) is 11.8 Å². The first-order valence-corrected chi connectivity index (χ1v) is 12.7.